The quantitative estimate of drug-likeness (QED) is 0.226. The van der Waals surface area contributed by atoms with Crippen molar-refractivity contribution in [3.05, 3.63) is 41.5 Å². The van der Waals surface area contributed by atoms with E-state index in [0.29, 0.717) is 42.4 Å². The summed E-state index contributed by atoms with van der Waals surface area (Å²) < 4.78 is 56.1. The number of morpholine rings is 1. The minimum atomic E-state index is -0.782. The highest BCUT2D eigenvalue weighted by Crippen LogP contribution is 2.50. The van der Waals surface area contributed by atoms with Crippen molar-refractivity contribution in [2.24, 2.45) is 10.8 Å². The summed E-state index contributed by atoms with van der Waals surface area (Å²) in [4.78, 5) is 19.1. The van der Waals surface area contributed by atoms with E-state index in [1.54, 1.807) is 0 Å². The zero-order valence-corrected chi connectivity index (χ0v) is 28.9. The molecule has 2 aromatic carbocycles. The summed E-state index contributed by atoms with van der Waals surface area (Å²) in [5.41, 5.74) is -0.0542. The maximum absolute atomic E-state index is 17.2. The first kappa shape index (κ1) is 32.6. The predicted molar refractivity (Wildman–Crippen MR) is 187 cm³/mol. The first-order valence-corrected chi connectivity index (χ1v) is 17.9. The van der Waals surface area contributed by atoms with Crippen molar-refractivity contribution in [3.63, 3.8) is 0 Å². The van der Waals surface area contributed by atoms with Crippen LogP contribution in [0.5, 0.6) is 17.6 Å². The standard InChI is InChI=1S/C39H41F2N5O5/c1-4-24-26(40)9-8-22-15-23(47)16-25(30(22)24)33-32(41)34-31(36(42-33)48-3)35(46-13-14-50-28-17-27(28)46)44-37(43-34)51-21-39-10-5-7-29(39)45(12-6-11-39)18-38(2)19-49-20-38/h1,8-9,15-16,27-29,47H,5-7,10-14,17-21H2,2-3H3/t27?,28?,29-,39-/m1/s1. The van der Waals surface area contributed by atoms with Gasteiger partial charge in [0.25, 0.3) is 0 Å². The number of hydrogen-bond acceptors (Lipinski definition) is 10. The fraction of sp³-hybridized carbons (Fsp3) is 0.513. The van der Waals surface area contributed by atoms with Gasteiger partial charge in [0.05, 0.1) is 51.2 Å². The second kappa shape index (κ2) is 12.1. The number of aromatic hydroxyl groups is 1. The smallest absolute Gasteiger partial charge is 0.319 e. The van der Waals surface area contributed by atoms with Crippen LogP contribution in [0.15, 0.2) is 24.3 Å². The highest BCUT2D eigenvalue weighted by molar-refractivity contribution is 6.04. The zero-order valence-electron chi connectivity index (χ0n) is 28.9. The van der Waals surface area contributed by atoms with Crippen molar-refractivity contribution in [1.29, 1.82) is 0 Å². The van der Waals surface area contributed by atoms with Crippen LogP contribution < -0.4 is 14.4 Å². The fourth-order valence-corrected chi connectivity index (χ4v) is 9.29. The van der Waals surface area contributed by atoms with Gasteiger partial charge in [-0.05, 0) is 62.2 Å². The van der Waals surface area contributed by atoms with Crippen molar-refractivity contribution < 1.29 is 32.8 Å². The number of methoxy groups -OCH3 is 1. The number of fused-ring (bicyclic) bond motifs is 4. The van der Waals surface area contributed by atoms with Crippen LogP contribution in [0.3, 0.4) is 0 Å². The number of pyridine rings is 1. The van der Waals surface area contributed by atoms with E-state index in [1.165, 1.54) is 31.4 Å². The maximum atomic E-state index is 17.2. The number of piperidine rings is 1. The van der Waals surface area contributed by atoms with Gasteiger partial charge in [0, 0.05) is 40.9 Å². The number of rotatable bonds is 8. The largest absolute Gasteiger partial charge is 0.508 e. The van der Waals surface area contributed by atoms with Gasteiger partial charge in [-0.15, -0.1) is 6.42 Å². The maximum Gasteiger partial charge on any atom is 0.319 e. The van der Waals surface area contributed by atoms with Crippen LogP contribution >= 0.6 is 0 Å². The Bertz CT molecular complexity index is 2100. The number of aromatic nitrogens is 3. The average molecular weight is 698 g/mol. The molecule has 5 fully saturated rings. The van der Waals surface area contributed by atoms with Crippen molar-refractivity contribution in [2.75, 3.05) is 58.1 Å². The molecule has 3 saturated heterocycles. The van der Waals surface area contributed by atoms with Crippen molar-refractivity contribution in [2.45, 2.75) is 63.6 Å². The monoisotopic (exact) mass is 697 g/mol. The molecule has 9 rings (SSSR count). The van der Waals surface area contributed by atoms with Gasteiger partial charge in [-0.3, -0.25) is 4.90 Å². The molecule has 51 heavy (non-hydrogen) atoms. The van der Waals surface area contributed by atoms with E-state index in [4.69, 9.17) is 35.3 Å². The summed E-state index contributed by atoms with van der Waals surface area (Å²) in [5, 5.41) is 11.7. The third kappa shape index (κ3) is 5.35. The number of likely N-dealkylation sites (tertiary alicyclic amines) is 1. The highest BCUT2D eigenvalue weighted by Gasteiger charge is 2.51. The molecular formula is C39H41F2N5O5. The Balaban J connectivity index is 1.16. The van der Waals surface area contributed by atoms with Crippen LogP contribution in [0, 0.1) is 34.8 Å². The minimum Gasteiger partial charge on any atom is -0.508 e. The van der Waals surface area contributed by atoms with Gasteiger partial charge in [-0.2, -0.15) is 9.97 Å². The number of benzene rings is 2. The van der Waals surface area contributed by atoms with Gasteiger partial charge in [-0.1, -0.05) is 25.3 Å². The van der Waals surface area contributed by atoms with Crippen LogP contribution in [0.25, 0.3) is 32.9 Å². The topological polar surface area (TPSA) is 102 Å². The predicted octanol–water partition coefficient (Wildman–Crippen LogP) is 5.85. The molecule has 4 aromatic rings. The number of terminal acetylenes is 1. The summed E-state index contributed by atoms with van der Waals surface area (Å²) in [6.07, 6.45) is 12.1. The molecule has 266 valence electrons. The summed E-state index contributed by atoms with van der Waals surface area (Å²) in [6.45, 7) is 7.41. The molecule has 1 N–H and O–H groups in total. The zero-order chi connectivity index (χ0) is 35.1. The number of nitrogens with zero attached hydrogens (tertiary/aromatic N) is 5. The van der Waals surface area contributed by atoms with Gasteiger partial charge < -0.3 is 29.0 Å². The fourth-order valence-electron chi connectivity index (χ4n) is 9.29. The SMILES string of the molecule is C#Cc1c(F)ccc2cc(O)cc(-c3nc(OC)c4c(N5CCOC6CC65)nc(OC[C@]56CCC[C@H]5N(CC5(C)COC5)CCC6)nc4c3F)c12. The number of hydrogen-bond donors (Lipinski definition) is 1. The molecule has 2 aromatic heterocycles. The molecule has 0 spiro atoms. The molecule has 2 saturated carbocycles. The molecule has 0 radical (unpaired) electrons. The Kier molecular flexibility index (Phi) is 7.76. The Morgan fingerprint density at radius 3 is 2.73 bits per heavy atom. The molecule has 0 amide bonds. The molecule has 12 heteroatoms. The molecule has 4 atom stereocenters. The van der Waals surface area contributed by atoms with Gasteiger partial charge in [0.15, 0.2) is 5.82 Å². The Morgan fingerprint density at radius 1 is 1.10 bits per heavy atom. The van der Waals surface area contributed by atoms with Crippen LogP contribution in [0.1, 0.15) is 51.0 Å². The number of phenols is 1. The molecule has 2 unspecified atom stereocenters. The third-order valence-corrected chi connectivity index (χ3v) is 11.8. The van der Waals surface area contributed by atoms with E-state index in [-0.39, 0.29) is 68.3 Å². The van der Waals surface area contributed by atoms with Crippen LogP contribution in [0.4, 0.5) is 14.6 Å². The van der Waals surface area contributed by atoms with Crippen LogP contribution in [-0.4, -0.2) is 96.3 Å². The Morgan fingerprint density at radius 2 is 1.94 bits per heavy atom. The summed E-state index contributed by atoms with van der Waals surface area (Å²) >= 11 is 0. The molecule has 0 bridgehead atoms. The van der Waals surface area contributed by atoms with E-state index in [9.17, 15) is 5.11 Å². The summed E-state index contributed by atoms with van der Waals surface area (Å²) in [5.74, 6) is 1.39. The lowest BCUT2D eigenvalue weighted by Gasteiger charge is -2.50. The van der Waals surface area contributed by atoms with E-state index >= 15 is 8.78 Å². The lowest BCUT2D eigenvalue weighted by Crippen LogP contribution is -2.57. The first-order valence-electron chi connectivity index (χ1n) is 17.9. The van der Waals surface area contributed by atoms with Crippen LogP contribution in [0.2, 0.25) is 0 Å². The molecule has 10 nitrogen and oxygen atoms in total. The second-order valence-corrected chi connectivity index (χ2v) is 15.3. The molecule has 2 aliphatic carbocycles. The van der Waals surface area contributed by atoms with Crippen molar-refractivity contribution in [3.8, 4) is 41.2 Å². The first-order chi connectivity index (χ1) is 24.7. The second-order valence-electron chi connectivity index (χ2n) is 15.3. The molecule has 5 heterocycles. The van der Waals surface area contributed by atoms with E-state index in [0.717, 1.165) is 64.8 Å². The van der Waals surface area contributed by atoms with Gasteiger partial charge >= 0.3 is 6.01 Å². The summed E-state index contributed by atoms with van der Waals surface area (Å²) in [6, 6.07) is 6.04. The third-order valence-electron chi connectivity index (χ3n) is 11.8. The molecular weight excluding hydrogens is 656 g/mol. The van der Waals surface area contributed by atoms with Crippen LogP contribution in [-0.2, 0) is 9.47 Å². The number of phenolic OH excluding ortho intramolecular Hbond substituents is 1. The number of ether oxygens (including phenoxy) is 4. The van der Waals surface area contributed by atoms with E-state index < -0.39 is 11.6 Å². The van der Waals surface area contributed by atoms with Crippen molar-refractivity contribution >= 4 is 27.5 Å². The Labute approximate surface area is 295 Å². The Hall–Kier alpha value is -4.31. The number of halogens is 2. The average Bonchev–Trinajstić information content (AvgIpc) is 3.79. The minimum absolute atomic E-state index is 0.0423. The highest BCUT2D eigenvalue weighted by atomic mass is 19.1. The van der Waals surface area contributed by atoms with E-state index in [2.05, 4.69) is 27.6 Å². The summed E-state index contributed by atoms with van der Waals surface area (Å²) in [7, 11) is 1.45. The van der Waals surface area contributed by atoms with Gasteiger partial charge in [0.2, 0.25) is 5.88 Å². The van der Waals surface area contributed by atoms with Gasteiger partial charge in [0.1, 0.15) is 34.0 Å². The lowest BCUT2D eigenvalue weighted by molar-refractivity contribution is -0.130. The molecule has 5 aliphatic rings. The number of anilines is 1. The van der Waals surface area contributed by atoms with Gasteiger partial charge in [-0.25, -0.2) is 13.8 Å². The lowest BCUT2D eigenvalue weighted by atomic mass is 9.74. The molecule has 3 aliphatic heterocycles. The van der Waals surface area contributed by atoms with E-state index in [1.807, 2.05) is 0 Å². The van der Waals surface area contributed by atoms with Crippen molar-refractivity contribution in [1.82, 2.24) is 19.9 Å². The normalized spacial score (nSPS) is 26.7.